The molecule has 0 aliphatic rings. The number of hydrogen-bond acceptors (Lipinski definition) is 3. The third kappa shape index (κ3) is 2.98. The summed E-state index contributed by atoms with van der Waals surface area (Å²) in [5, 5.41) is 2.79. The number of carbonyl (C=O) groups is 1. The van der Waals surface area contributed by atoms with Crippen molar-refractivity contribution in [2.24, 2.45) is 0 Å². The predicted molar refractivity (Wildman–Crippen MR) is 83.8 cm³/mol. The fourth-order valence-corrected chi connectivity index (χ4v) is 2.03. The van der Waals surface area contributed by atoms with Gasteiger partial charge in [0.2, 0.25) is 0 Å². The molecule has 0 bridgehead atoms. The lowest BCUT2D eigenvalue weighted by atomic mass is 10.2. The Morgan fingerprint density at radius 2 is 2.09 bits per heavy atom. The first-order chi connectivity index (χ1) is 10.8. The van der Waals surface area contributed by atoms with E-state index in [2.05, 4.69) is 21.4 Å². The SMILES string of the molecule is COc1cccc(NC(=O)c2c[nH]c(-c3cc[c]cc3)n2)c1. The fourth-order valence-electron chi connectivity index (χ4n) is 2.03. The number of methoxy groups -OCH3 is 1. The number of aromatic amines is 1. The van der Waals surface area contributed by atoms with Crippen LogP contribution in [0.15, 0.2) is 54.7 Å². The number of benzene rings is 2. The van der Waals surface area contributed by atoms with Gasteiger partial charge in [-0.1, -0.05) is 30.3 Å². The molecule has 0 fully saturated rings. The molecule has 1 amide bonds. The lowest BCUT2D eigenvalue weighted by molar-refractivity contribution is 0.102. The van der Waals surface area contributed by atoms with Gasteiger partial charge in [0, 0.05) is 23.5 Å². The van der Waals surface area contributed by atoms with Crippen LogP contribution in [0.4, 0.5) is 5.69 Å². The molecule has 1 heterocycles. The van der Waals surface area contributed by atoms with Gasteiger partial charge in [0.05, 0.1) is 7.11 Å². The first kappa shape index (κ1) is 13.9. The minimum Gasteiger partial charge on any atom is -0.497 e. The second-order valence-electron chi connectivity index (χ2n) is 4.61. The Kier molecular flexibility index (Phi) is 3.87. The van der Waals surface area contributed by atoms with Crippen molar-refractivity contribution in [3.63, 3.8) is 0 Å². The van der Waals surface area contributed by atoms with Crippen molar-refractivity contribution in [2.45, 2.75) is 0 Å². The Morgan fingerprint density at radius 3 is 2.86 bits per heavy atom. The van der Waals surface area contributed by atoms with Gasteiger partial charge in [0.1, 0.15) is 17.3 Å². The normalized spacial score (nSPS) is 10.2. The number of carbonyl (C=O) groups excluding carboxylic acids is 1. The van der Waals surface area contributed by atoms with Gasteiger partial charge < -0.3 is 15.0 Å². The predicted octanol–water partition coefficient (Wildman–Crippen LogP) is 3.14. The monoisotopic (exact) mass is 292 g/mol. The molecule has 0 unspecified atom stereocenters. The highest BCUT2D eigenvalue weighted by Crippen LogP contribution is 2.18. The van der Waals surface area contributed by atoms with Gasteiger partial charge in [-0.15, -0.1) is 0 Å². The van der Waals surface area contributed by atoms with E-state index in [1.807, 2.05) is 24.3 Å². The number of ether oxygens (including phenoxy) is 1. The maximum atomic E-state index is 12.2. The van der Waals surface area contributed by atoms with E-state index >= 15 is 0 Å². The van der Waals surface area contributed by atoms with Crippen LogP contribution < -0.4 is 10.1 Å². The van der Waals surface area contributed by atoms with Gasteiger partial charge >= 0.3 is 0 Å². The zero-order valence-corrected chi connectivity index (χ0v) is 12.0. The van der Waals surface area contributed by atoms with Gasteiger partial charge in [0.25, 0.3) is 5.91 Å². The number of hydrogen-bond donors (Lipinski definition) is 2. The summed E-state index contributed by atoms with van der Waals surface area (Å²) < 4.78 is 5.13. The molecule has 3 aromatic rings. The first-order valence-corrected chi connectivity index (χ1v) is 6.73. The van der Waals surface area contributed by atoms with Crippen molar-refractivity contribution >= 4 is 11.6 Å². The van der Waals surface area contributed by atoms with E-state index in [0.29, 0.717) is 23.0 Å². The van der Waals surface area contributed by atoms with E-state index in [0.717, 1.165) is 5.56 Å². The molecule has 5 nitrogen and oxygen atoms in total. The Hall–Kier alpha value is -3.08. The van der Waals surface area contributed by atoms with Crippen molar-refractivity contribution in [3.8, 4) is 17.1 Å². The summed E-state index contributed by atoms with van der Waals surface area (Å²) in [6.07, 6.45) is 1.58. The van der Waals surface area contributed by atoms with E-state index in [9.17, 15) is 4.79 Å². The van der Waals surface area contributed by atoms with Gasteiger partial charge in [-0.2, -0.15) is 0 Å². The number of anilines is 1. The van der Waals surface area contributed by atoms with E-state index in [4.69, 9.17) is 4.74 Å². The van der Waals surface area contributed by atoms with Crippen LogP contribution >= 0.6 is 0 Å². The zero-order valence-electron chi connectivity index (χ0n) is 12.0. The smallest absolute Gasteiger partial charge is 0.275 e. The second kappa shape index (κ2) is 6.13. The van der Waals surface area contributed by atoms with Crippen molar-refractivity contribution in [1.82, 2.24) is 9.97 Å². The molecule has 2 aromatic carbocycles. The number of imidazole rings is 1. The largest absolute Gasteiger partial charge is 0.497 e. The van der Waals surface area contributed by atoms with Crippen molar-refractivity contribution in [2.75, 3.05) is 12.4 Å². The fraction of sp³-hybridized carbons (Fsp3) is 0.0588. The zero-order chi connectivity index (χ0) is 15.4. The highest BCUT2D eigenvalue weighted by Gasteiger charge is 2.11. The molecule has 1 radical (unpaired) electrons. The van der Waals surface area contributed by atoms with Crippen LogP contribution in [0.2, 0.25) is 0 Å². The third-order valence-corrected chi connectivity index (χ3v) is 3.13. The molecule has 0 saturated carbocycles. The lowest BCUT2D eigenvalue weighted by Crippen LogP contribution is -2.12. The van der Waals surface area contributed by atoms with Crippen LogP contribution in [0.1, 0.15) is 10.5 Å². The molecule has 109 valence electrons. The van der Waals surface area contributed by atoms with Crippen LogP contribution in [0.25, 0.3) is 11.4 Å². The van der Waals surface area contributed by atoms with Crippen molar-refractivity contribution in [3.05, 3.63) is 66.5 Å². The Balaban J connectivity index is 1.77. The molecule has 0 spiro atoms. The lowest BCUT2D eigenvalue weighted by Gasteiger charge is -2.05. The molecule has 22 heavy (non-hydrogen) atoms. The summed E-state index contributed by atoms with van der Waals surface area (Å²) >= 11 is 0. The highest BCUT2D eigenvalue weighted by molar-refractivity contribution is 6.03. The molecule has 2 N–H and O–H groups in total. The van der Waals surface area contributed by atoms with E-state index in [-0.39, 0.29) is 5.91 Å². The third-order valence-electron chi connectivity index (χ3n) is 3.13. The Bertz CT molecular complexity index is 781. The summed E-state index contributed by atoms with van der Waals surface area (Å²) in [5.41, 5.74) is 1.88. The molecular formula is C17H14N3O2. The van der Waals surface area contributed by atoms with Gasteiger partial charge in [-0.3, -0.25) is 4.79 Å². The van der Waals surface area contributed by atoms with Crippen molar-refractivity contribution < 1.29 is 9.53 Å². The topological polar surface area (TPSA) is 67.0 Å². The highest BCUT2D eigenvalue weighted by atomic mass is 16.5. The molecule has 0 atom stereocenters. The minimum absolute atomic E-state index is 0.279. The summed E-state index contributed by atoms with van der Waals surface area (Å²) in [7, 11) is 1.58. The van der Waals surface area contributed by atoms with Gasteiger partial charge in [-0.25, -0.2) is 4.98 Å². The van der Waals surface area contributed by atoms with Crippen LogP contribution in [-0.2, 0) is 0 Å². The van der Waals surface area contributed by atoms with Crippen LogP contribution in [0.5, 0.6) is 5.75 Å². The number of nitrogens with zero attached hydrogens (tertiary/aromatic N) is 1. The number of H-pyrrole nitrogens is 1. The molecule has 0 aliphatic carbocycles. The summed E-state index contributed by atoms with van der Waals surface area (Å²) in [5.74, 6) is 1.05. The molecule has 1 aromatic heterocycles. The van der Waals surface area contributed by atoms with Crippen LogP contribution in [0.3, 0.4) is 0 Å². The van der Waals surface area contributed by atoms with Crippen molar-refractivity contribution in [1.29, 1.82) is 0 Å². The first-order valence-electron chi connectivity index (χ1n) is 6.73. The number of amides is 1. The molecule has 3 rings (SSSR count). The number of aromatic nitrogens is 2. The van der Waals surface area contributed by atoms with E-state index in [1.165, 1.54) is 0 Å². The second-order valence-corrected chi connectivity index (χ2v) is 4.61. The van der Waals surface area contributed by atoms with Gasteiger partial charge in [0.15, 0.2) is 0 Å². The summed E-state index contributed by atoms with van der Waals surface area (Å²) in [6.45, 7) is 0. The van der Waals surface area contributed by atoms with Gasteiger partial charge in [-0.05, 0) is 18.2 Å². The standard InChI is InChI=1S/C17H14N3O2/c1-22-14-9-5-8-13(10-14)19-17(21)15-11-18-16(20-15)12-6-3-2-4-7-12/h3-11H,1H3,(H,18,20)(H,19,21). The number of rotatable bonds is 4. The Morgan fingerprint density at radius 1 is 1.27 bits per heavy atom. The molecule has 0 saturated heterocycles. The molecular weight excluding hydrogens is 278 g/mol. The summed E-state index contributed by atoms with van der Waals surface area (Å²) in [4.78, 5) is 19.5. The minimum atomic E-state index is -0.279. The molecule has 5 heteroatoms. The number of nitrogens with one attached hydrogen (secondary N) is 2. The van der Waals surface area contributed by atoms with E-state index in [1.54, 1.807) is 37.6 Å². The maximum absolute atomic E-state index is 12.2. The molecule has 0 aliphatic heterocycles. The van der Waals surface area contributed by atoms with E-state index < -0.39 is 0 Å². The maximum Gasteiger partial charge on any atom is 0.275 e. The summed E-state index contributed by atoms with van der Waals surface area (Å²) in [6, 6.07) is 17.5. The Labute approximate surface area is 128 Å². The average molecular weight is 292 g/mol. The van der Waals surface area contributed by atoms with Crippen LogP contribution in [0, 0.1) is 6.07 Å². The average Bonchev–Trinajstić information content (AvgIpc) is 3.06. The quantitative estimate of drug-likeness (QED) is 0.776. The van der Waals surface area contributed by atoms with Crippen LogP contribution in [-0.4, -0.2) is 23.0 Å².